The van der Waals surface area contributed by atoms with Gasteiger partial charge in [-0.1, -0.05) is 20.3 Å². The van der Waals surface area contributed by atoms with Gasteiger partial charge < -0.3 is 15.8 Å². The lowest BCUT2D eigenvalue weighted by atomic mass is 9.99. The second kappa shape index (κ2) is 7.09. The Hall–Kier alpha value is -1.62. The summed E-state index contributed by atoms with van der Waals surface area (Å²) in [6, 6.07) is 3.40. The highest BCUT2D eigenvalue weighted by atomic mass is 19.1. The highest BCUT2D eigenvalue weighted by Crippen LogP contribution is 2.25. The minimum Gasteiger partial charge on any atom is -0.492 e. The van der Waals surface area contributed by atoms with Crippen molar-refractivity contribution >= 4 is 11.6 Å². The van der Waals surface area contributed by atoms with Crippen LogP contribution in [0.4, 0.5) is 10.1 Å². The second-order valence-corrected chi connectivity index (χ2v) is 4.47. The number of carbonyl (C=O) groups excluding carboxylic acids is 1. The SMILES string of the molecule is CCOc1cc(F)ccc1NC(=O)C(N)C(C)CC. The topological polar surface area (TPSA) is 64.3 Å². The van der Waals surface area contributed by atoms with Gasteiger partial charge in [0.2, 0.25) is 5.91 Å². The van der Waals surface area contributed by atoms with Crippen molar-refractivity contribution in [1.82, 2.24) is 0 Å². The number of hydrogen-bond acceptors (Lipinski definition) is 3. The van der Waals surface area contributed by atoms with Crippen molar-refractivity contribution in [2.75, 3.05) is 11.9 Å². The van der Waals surface area contributed by atoms with Crippen molar-refractivity contribution in [2.45, 2.75) is 33.2 Å². The molecule has 0 aliphatic heterocycles. The Kier molecular flexibility index (Phi) is 5.76. The van der Waals surface area contributed by atoms with Gasteiger partial charge in [0, 0.05) is 6.07 Å². The summed E-state index contributed by atoms with van der Waals surface area (Å²) < 4.78 is 18.4. The Morgan fingerprint density at radius 3 is 2.74 bits per heavy atom. The molecule has 1 rings (SSSR count). The number of rotatable bonds is 6. The molecule has 0 saturated carbocycles. The van der Waals surface area contributed by atoms with Gasteiger partial charge in [-0.25, -0.2) is 4.39 Å². The molecule has 5 heteroatoms. The van der Waals surface area contributed by atoms with Gasteiger partial charge in [0.1, 0.15) is 11.6 Å². The molecule has 0 aliphatic carbocycles. The first-order valence-electron chi connectivity index (χ1n) is 6.48. The number of halogens is 1. The molecule has 1 amide bonds. The van der Waals surface area contributed by atoms with E-state index in [2.05, 4.69) is 5.32 Å². The highest BCUT2D eigenvalue weighted by molar-refractivity contribution is 5.96. The van der Waals surface area contributed by atoms with E-state index in [0.29, 0.717) is 18.0 Å². The summed E-state index contributed by atoms with van der Waals surface area (Å²) >= 11 is 0. The summed E-state index contributed by atoms with van der Waals surface area (Å²) in [6.07, 6.45) is 0.816. The largest absolute Gasteiger partial charge is 0.492 e. The molecule has 2 atom stereocenters. The summed E-state index contributed by atoms with van der Waals surface area (Å²) in [7, 11) is 0. The lowest BCUT2D eigenvalue weighted by Crippen LogP contribution is -2.40. The van der Waals surface area contributed by atoms with Crippen LogP contribution in [0.5, 0.6) is 5.75 Å². The standard InChI is InChI=1S/C14H21FN2O2/c1-4-9(3)13(16)14(18)17-11-7-6-10(15)8-12(11)19-5-2/h6-9,13H,4-5,16H2,1-3H3,(H,17,18). The number of hydrogen-bond donors (Lipinski definition) is 2. The molecule has 0 radical (unpaired) electrons. The van der Waals surface area contributed by atoms with Crippen molar-refractivity contribution in [3.05, 3.63) is 24.0 Å². The smallest absolute Gasteiger partial charge is 0.241 e. The van der Waals surface area contributed by atoms with E-state index >= 15 is 0 Å². The third kappa shape index (κ3) is 4.21. The van der Waals surface area contributed by atoms with E-state index in [1.165, 1.54) is 18.2 Å². The molecule has 1 aromatic rings. The van der Waals surface area contributed by atoms with Crippen molar-refractivity contribution < 1.29 is 13.9 Å². The van der Waals surface area contributed by atoms with Crippen LogP contribution in [0.2, 0.25) is 0 Å². The Morgan fingerprint density at radius 1 is 1.47 bits per heavy atom. The van der Waals surface area contributed by atoms with Crippen LogP contribution in [0, 0.1) is 11.7 Å². The maximum Gasteiger partial charge on any atom is 0.241 e. The fourth-order valence-corrected chi connectivity index (χ4v) is 1.60. The van der Waals surface area contributed by atoms with Crippen LogP contribution in [0.3, 0.4) is 0 Å². The minimum absolute atomic E-state index is 0.0796. The van der Waals surface area contributed by atoms with Gasteiger partial charge in [-0.3, -0.25) is 4.79 Å². The lowest BCUT2D eigenvalue weighted by molar-refractivity contribution is -0.118. The molecule has 1 aromatic carbocycles. The Morgan fingerprint density at radius 2 is 2.16 bits per heavy atom. The zero-order chi connectivity index (χ0) is 14.4. The molecule has 0 spiro atoms. The number of benzene rings is 1. The molecule has 19 heavy (non-hydrogen) atoms. The van der Waals surface area contributed by atoms with E-state index < -0.39 is 11.9 Å². The van der Waals surface area contributed by atoms with Crippen molar-refractivity contribution in [3.8, 4) is 5.75 Å². The third-order valence-electron chi connectivity index (χ3n) is 3.06. The molecular weight excluding hydrogens is 247 g/mol. The Balaban J connectivity index is 2.84. The zero-order valence-corrected chi connectivity index (χ0v) is 11.6. The summed E-state index contributed by atoms with van der Waals surface area (Å²) in [5, 5.41) is 2.68. The van der Waals surface area contributed by atoms with Gasteiger partial charge in [0.25, 0.3) is 0 Å². The minimum atomic E-state index is -0.593. The Labute approximate surface area is 113 Å². The predicted molar refractivity (Wildman–Crippen MR) is 73.6 cm³/mol. The molecule has 106 valence electrons. The normalized spacial score (nSPS) is 13.7. The van der Waals surface area contributed by atoms with Crippen LogP contribution in [-0.2, 0) is 4.79 Å². The molecule has 0 fully saturated rings. The fraction of sp³-hybridized carbons (Fsp3) is 0.500. The molecule has 0 heterocycles. The van der Waals surface area contributed by atoms with Gasteiger partial charge in [0.15, 0.2) is 0 Å². The van der Waals surface area contributed by atoms with E-state index in [1.54, 1.807) is 6.92 Å². The average molecular weight is 268 g/mol. The molecule has 3 N–H and O–H groups in total. The summed E-state index contributed by atoms with van der Waals surface area (Å²) in [6.45, 7) is 6.07. The molecule has 0 saturated heterocycles. The predicted octanol–water partition coefficient (Wildman–Crippen LogP) is 2.54. The van der Waals surface area contributed by atoms with Crippen LogP contribution in [0.1, 0.15) is 27.2 Å². The van der Waals surface area contributed by atoms with Crippen LogP contribution in [-0.4, -0.2) is 18.6 Å². The summed E-state index contributed by atoms with van der Waals surface area (Å²) in [5.74, 6) is -0.308. The van der Waals surface area contributed by atoms with Crippen molar-refractivity contribution in [1.29, 1.82) is 0 Å². The van der Waals surface area contributed by atoms with Crippen LogP contribution in [0.25, 0.3) is 0 Å². The maximum absolute atomic E-state index is 13.1. The zero-order valence-electron chi connectivity index (χ0n) is 11.6. The van der Waals surface area contributed by atoms with Crippen LogP contribution < -0.4 is 15.8 Å². The van der Waals surface area contributed by atoms with Gasteiger partial charge >= 0.3 is 0 Å². The quantitative estimate of drug-likeness (QED) is 0.833. The second-order valence-electron chi connectivity index (χ2n) is 4.47. The maximum atomic E-state index is 13.1. The van der Waals surface area contributed by atoms with Crippen molar-refractivity contribution in [3.63, 3.8) is 0 Å². The number of nitrogens with two attached hydrogens (primary N) is 1. The first-order chi connectivity index (χ1) is 8.99. The van der Waals surface area contributed by atoms with Gasteiger partial charge in [-0.2, -0.15) is 0 Å². The first kappa shape index (κ1) is 15.4. The van der Waals surface area contributed by atoms with Crippen LogP contribution in [0.15, 0.2) is 18.2 Å². The van der Waals surface area contributed by atoms with E-state index in [4.69, 9.17) is 10.5 Å². The summed E-state index contributed by atoms with van der Waals surface area (Å²) in [5.41, 5.74) is 6.28. The van der Waals surface area contributed by atoms with E-state index in [9.17, 15) is 9.18 Å². The van der Waals surface area contributed by atoms with Crippen molar-refractivity contribution in [2.24, 2.45) is 11.7 Å². The first-order valence-corrected chi connectivity index (χ1v) is 6.48. The Bertz CT molecular complexity index is 437. The molecule has 0 aromatic heterocycles. The molecule has 0 bridgehead atoms. The highest BCUT2D eigenvalue weighted by Gasteiger charge is 2.20. The lowest BCUT2D eigenvalue weighted by Gasteiger charge is -2.19. The molecule has 2 unspecified atom stereocenters. The number of nitrogens with one attached hydrogen (secondary N) is 1. The average Bonchev–Trinajstić information content (AvgIpc) is 2.40. The van der Waals surface area contributed by atoms with Gasteiger partial charge in [0.05, 0.1) is 18.3 Å². The third-order valence-corrected chi connectivity index (χ3v) is 3.06. The molecular formula is C14H21FN2O2. The number of ether oxygens (including phenoxy) is 1. The number of anilines is 1. The molecule has 0 aliphatic rings. The van der Waals surface area contributed by atoms with Crippen LogP contribution >= 0.6 is 0 Å². The number of carbonyl (C=O) groups is 1. The summed E-state index contributed by atoms with van der Waals surface area (Å²) in [4.78, 5) is 12.0. The number of amides is 1. The fourth-order valence-electron chi connectivity index (χ4n) is 1.60. The van der Waals surface area contributed by atoms with E-state index in [0.717, 1.165) is 6.42 Å². The van der Waals surface area contributed by atoms with Gasteiger partial charge in [-0.15, -0.1) is 0 Å². The van der Waals surface area contributed by atoms with Gasteiger partial charge in [-0.05, 0) is 25.0 Å². The van der Waals surface area contributed by atoms with E-state index in [-0.39, 0.29) is 11.8 Å². The van der Waals surface area contributed by atoms with E-state index in [1.807, 2.05) is 13.8 Å². The monoisotopic (exact) mass is 268 g/mol. The molecule has 4 nitrogen and oxygen atoms in total.